The molecule has 10 heteroatoms. The normalized spacial score (nSPS) is 47.1. The summed E-state index contributed by atoms with van der Waals surface area (Å²) < 4.78 is 0. The number of aliphatic hydroxyl groups is 3. The van der Waals surface area contributed by atoms with Crippen molar-refractivity contribution in [1.29, 1.82) is 0 Å². The zero-order valence-electron chi connectivity index (χ0n) is 36.7. The molecule has 8 N–H and O–H groups in total. The predicted octanol–water partition coefficient (Wildman–Crippen LogP) is 6.06. The molecule has 0 aromatic heterocycles. The molecular weight excluding hydrogens is 791 g/mol. The first-order valence-electron chi connectivity index (χ1n) is 22.8. The summed E-state index contributed by atoms with van der Waals surface area (Å²) >= 11 is 0. The van der Waals surface area contributed by atoms with Gasteiger partial charge in [-0.1, -0.05) is 94.0 Å². The molecule has 10 aliphatic rings. The minimum atomic E-state index is -1.89. The summed E-state index contributed by atoms with van der Waals surface area (Å²) in [5, 5.41) is 53.2. The van der Waals surface area contributed by atoms with Crippen LogP contribution in [-0.4, -0.2) is 66.8 Å². The van der Waals surface area contributed by atoms with Crippen LogP contribution in [0.1, 0.15) is 91.5 Å². The van der Waals surface area contributed by atoms with Crippen molar-refractivity contribution in [3.63, 3.8) is 0 Å². The van der Waals surface area contributed by atoms with Crippen LogP contribution in [0.5, 0.6) is 0 Å². The summed E-state index contributed by atoms with van der Waals surface area (Å²) in [7, 11) is 0. The van der Waals surface area contributed by atoms with E-state index in [9.17, 15) is 30.0 Å². The lowest BCUT2D eigenvalue weighted by Crippen LogP contribution is -2.72. The van der Waals surface area contributed by atoms with Gasteiger partial charge >= 0.3 is 5.97 Å². The molecule has 1 unspecified atom stereocenters. The number of guanidine groups is 1. The maximum Gasteiger partial charge on any atom is 0.331 e. The molecule has 0 saturated heterocycles. The first-order chi connectivity index (χ1) is 29.7. The Labute approximate surface area is 368 Å². The molecule has 14 atom stereocenters. The quantitative estimate of drug-likeness (QED) is 0.0671. The predicted molar refractivity (Wildman–Crippen MR) is 238 cm³/mol. The van der Waals surface area contributed by atoms with Crippen molar-refractivity contribution in [2.75, 3.05) is 0 Å². The van der Waals surface area contributed by atoms with Crippen LogP contribution in [0.15, 0.2) is 111 Å². The number of carbonyl (C=O) groups excluding carboxylic acids is 2. The van der Waals surface area contributed by atoms with Gasteiger partial charge in [0.1, 0.15) is 22.6 Å². The largest absolute Gasteiger partial charge is 0.478 e. The third-order valence-corrected chi connectivity index (χ3v) is 19.2. The van der Waals surface area contributed by atoms with Gasteiger partial charge < -0.3 is 31.9 Å². The number of carboxylic acids is 1. The van der Waals surface area contributed by atoms with E-state index in [1.807, 2.05) is 68.5 Å². The first-order valence-corrected chi connectivity index (χ1v) is 22.8. The molecular formula is C53H57N3O7. The minimum Gasteiger partial charge on any atom is -0.478 e. The van der Waals surface area contributed by atoms with Gasteiger partial charge in [-0.15, -0.1) is 11.8 Å². The van der Waals surface area contributed by atoms with Gasteiger partial charge in [0.2, 0.25) is 0 Å². The maximum absolute atomic E-state index is 16.1. The molecule has 0 radical (unpaired) electrons. The molecule has 1 aromatic rings. The summed E-state index contributed by atoms with van der Waals surface area (Å²) in [6.07, 6.45) is 15.9. The monoisotopic (exact) mass is 847 g/mol. The van der Waals surface area contributed by atoms with Gasteiger partial charge in [0.05, 0.1) is 6.04 Å². The maximum atomic E-state index is 16.1. The van der Waals surface area contributed by atoms with Gasteiger partial charge in [-0.25, -0.2) is 9.79 Å². The van der Waals surface area contributed by atoms with Crippen molar-refractivity contribution < 1.29 is 34.8 Å². The highest BCUT2D eigenvalue weighted by molar-refractivity contribution is 6.02. The van der Waals surface area contributed by atoms with Crippen molar-refractivity contribution in [1.82, 2.24) is 0 Å². The second-order valence-electron chi connectivity index (χ2n) is 21.5. The van der Waals surface area contributed by atoms with Crippen molar-refractivity contribution in [2.24, 2.45) is 73.1 Å². The Bertz CT molecular complexity index is 2710. The molecule has 10 nitrogen and oxygen atoms in total. The van der Waals surface area contributed by atoms with Gasteiger partial charge in [0, 0.05) is 76.2 Å². The molecule has 0 heterocycles. The second-order valence-corrected chi connectivity index (χ2v) is 21.5. The number of hydrogen-bond donors (Lipinski definition) is 6. The Morgan fingerprint density at radius 1 is 1.02 bits per heavy atom. The Balaban J connectivity index is 1.31. The SMILES string of the molecule is CC(=C[C@]1(O)C2=CCC3=C2[C@H]2[C@]4(C=C[C@@H](N=C(N)N)C1[C@@H]4C)[C@@]1(C)CC(=O)C4=C5[C@@]16CCC#CC[C@]1(C)C(=O)CC[C@]4(C)[C@H]1[C@H](C=Cc1ccccc1)[C@@]5(O)C=C(C3)[C@]26O)C(=O)O. The van der Waals surface area contributed by atoms with Crippen molar-refractivity contribution in [2.45, 2.75) is 109 Å². The topological polar surface area (TPSA) is 197 Å². The number of benzene rings is 1. The number of fused-ring (bicyclic) bond motifs is 1. The molecule has 0 amide bonds. The fraction of sp³-hybridized carbons (Fsp3) is 0.509. The summed E-state index contributed by atoms with van der Waals surface area (Å²) in [5.74, 6) is 2.30. The Kier molecular flexibility index (Phi) is 7.99. The molecule has 63 heavy (non-hydrogen) atoms. The second kappa shape index (κ2) is 12.4. The number of Topliss-reactive ketones (excluding diaryl/α,β-unsaturated/α-hetero) is 2. The van der Waals surface area contributed by atoms with Crippen molar-refractivity contribution in [3.8, 4) is 11.8 Å². The van der Waals surface area contributed by atoms with E-state index in [0.29, 0.717) is 54.4 Å². The summed E-state index contributed by atoms with van der Waals surface area (Å²) in [5.41, 5.74) is 6.65. The van der Waals surface area contributed by atoms with Gasteiger partial charge in [-0.05, 0) is 89.9 Å². The number of nitrogens with zero attached hydrogens (tertiary/aromatic N) is 1. The Morgan fingerprint density at radius 3 is 2.48 bits per heavy atom. The Morgan fingerprint density at radius 2 is 1.76 bits per heavy atom. The molecule has 1 aromatic carbocycles. The highest BCUT2D eigenvalue weighted by Gasteiger charge is 2.89. The lowest BCUT2D eigenvalue weighted by molar-refractivity contribution is -0.172. The van der Waals surface area contributed by atoms with Gasteiger partial charge in [-0.2, -0.15) is 0 Å². The molecule has 2 spiro atoms. The molecule has 8 bridgehead atoms. The van der Waals surface area contributed by atoms with E-state index in [0.717, 1.165) is 16.7 Å². The summed E-state index contributed by atoms with van der Waals surface area (Å²) in [6.45, 7) is 9.80. The molecule has 326 valence electrons. The van der Waals surface area contributed by atoms with Crippen molar-refractivity contribution >= 4 is 29.6 Å². The van der Waals surface area contributed by atoms with E-state index >= 15 is 4.79 Å². The molecule has 3 saturated carbocycles. The number of rotatable bonds is 5. The highest BCUT2D eigenvalue weighted by Crippen LogP contribution is 2.89. The highest BCUT2D eigenvalue weighted by atomic mass is 16.4. The first kappa shape index (κ1) is 40.7. The lowest BCUT2D eigenvalue weighted by Gasteiger charge is -2.70. The number of carbonyl (C=O) groups is 3. The van der Waals surface area contributed by atoms with Crippen LogP contribution in [0, 0.1) is 68.5 Å². The van der Waals surface area contributed by atoms with Crippen LogP contribution in [0.3, 0.4) is 0 Å². The number of allylic oxidation sites excluding steroid dienone is 4. The average Bonchev–Trinajstić information content (AvgIpc) is 3.68. The van der Waals surface area contributed by atoms with Crippen LogP contribution in [-0.2, 0) is 14.4 Å². The van der Waals surface area contributed by atoms with Crippen LogP contribution >= 0.6 is 0 Å². The van der Waals surface area contributed by atoms with Crippen LogP contribution in [0.4, 0.5) is 0 Å². The van der Waals surface area contributed by atoms with Crippen LogP contribution in [0.2, 0.25) is 0 Å². The van der Waals surface area contributed by atoms with Crippen LogP contribution < -0.4 is 11.5 Å². The number of ketones is 2. The van der Waals surface area contributed by atoms with E-state index in [2.05, 4.69) is 37.8 Å². The number of aliphatic carboxylic acids is 1. The van der Waals surface area contributed by atoms with Crippen LogP contribution in [0.25, 0.3) is 6.08 Å². The zero-order chi connectivity index (χ0) is 44.7. The van der Waals surface area contributed by atoms with E-state index in [-0.39, 0.29) is 42.4 Å². The smallest absolute Gasteiger partial charge is 0.331 e. The van der Waals surface area contributed by atoms with E-state index in [1.165, 1.54) is 13.0 Å². The van der Waals surface area contributed by atoms with E-state index in [1.54, 1.807) is 0 Å². The third kappa shape index (κ3) is 4.34. The van der Waals surface area contributed by atoms with Gasteiger partial charge in [0.15, 0.2) is 11.7 Å². The Hall–Kier alpha value is -5.08. The molecule has 3 fully saturated rings. The summed E-state index contributed by atoms with van der Waals surface area (Å²) in [6, 6.07) is 9.14. The number of carboxylic acid groups (broad SMARTS) is 1. The average molecular weight is 848 g/mol. The van der Waals surface area contributed by atoms with Gasteiger partial charge in [0.25, 0.3) is 0 Å². The fourth-order valence-electron chi connectivity index (χ4n) is 17.2. The molecule has 0 aliphatic heterocycles. The minimum absolute atomic E-state index is 0.0391. The standard InChI is InChI=1S/C53H57N3O7/c1-28(44(59)60)25-50(61)33-17-15-31-24-32-26-51(62)34(16-14-30-12-8-6-9-13-30)41-46(3)20-10-7-11-21-52-43(51)40(47(41,4)22-19-37(46)58)36(57)27-48(52,5)49(42(38(31)33)53(32,52)63)23-18-35(56-45(54)55)39(50)29(49)2/h6,8-9,12-14,16-18,23,25-26,29,34-35,39,41-42,61-63H,11,15,19-22,24,27H2,1-5H3,(H,59,60)(H4,54,55,56)/t29-,34-,35+,39?,41-,42-,46+,47-,48+,49+,50-,51-,52-,53-/m0/s1. The van der Waals surface area contributed by atoms with E-state index < -0.39 is 85.5 Å². The number of nitrogens with two attached hydrogens (primary N) is 2. The number of aliphatic imine (C=N–C) groups is 1. The molecule has 10 aliphatic carbocycles. The summed E-state index contributed by atoms with van der Waals surface area (Å²) in [4.78, 5) is 47.9. The lowest BCUT2D eigenvalue weighted by atomic mass is 9.33. The van der Waals surface area contributed by atoms with E-state index in [4.69, 9.17) is 16.5 Å². The number of hydrogen-bond acceptors (Lipinski definition) is 7. The zero-order valence-corrected chi connectivity index (χ0v) is 36.7. The third-order valence-electron chi connectivity index (χ3n) is 19.2. The fourth-order valence-corrected chi connectivity index (χ4v) is 17.2. The van der Waals surface area contributed by atoms with Gasteiger partial charge in [-0.3, -0.25) is 9.59 Å². The van der Waals surface area contributed by atoms with Crippen molar-refractivity contribution in [3.05, 3.63) is 111 Å². The molecule has 11 rings (SSSR count).